The van der Waals surface area contributed by atoms with Crippen LogP contribution in [0.15, 0.2) is 0 Å². The largest absolute Gasteiger partial charge is 0.353 e. The molecule has 0 spiro atoms. The van der Waals surface area contributed by atoms with Crippen molar-refractivity contribution in [2.24, 2.45) is 0 Å². The van der Waals surface area contributed by atoms with Crippen molar-refractivity contribution in [3.8, 4) is 0 Å². The Bertz CT molecular complexity index is 355. The second-order valence-corrected chi connectivity index (χ2v) is 4.35. The predicted octanol–water partition coefficient (Wildman–Crippen LogP) is 2.85. The summed E-state index contributed by atoms with van der Waals surface area (Å²) < 4.78 is 13.2. The third-order valence-corrected chi connectivity index (χ3v) is 3.17. The van der Waals surface area contributed by atoms with Crippen LogP contribution >= 0.6 is 0 Å². The fraction of sp³-hybridized carbons (Fsp3) is 0.786. The molecule has 0 saturated heterocycles. The summed E-state index contributed by atoms with van der Waals surface area (Å²) in [6.45, 7) is 12.6. The van der Waals surface area contributed by atoms with Crippen molar-refractivity contribution in [1.82, 2.24) is 9.78 Å². The summed E-state index contributed by atoms with van der Waals surface area (Å²) in [4.78, 5) is 0. The van der Waals surface area contributed by atoms with E-state index in [0.717, 1.165) is 25.1 Å². The summed E-state index contributed by atoms with van der Waals surface area (Å²) in [5.74, 6) is 0. The highest BCUT2D eigenvalue weighted by Crippen LogP contribution is 2.14. The Labute approximate surface area is 110 Å². The van der Waals surface area contributed by atoms with Gasteiger partial charge in [-0.15, -0.1) is 0 Å². The van der Waals surface area contributed by atoms with Gasteiger partial charge in [0, 0.05) is 31.9 Å². The summed E-state index contributed by atoms with van der Waals surface area (Å²) in [5.41, 5.74) is 3.76. The number of aryl methyl sites for hydroxylation is 2. The molecule has 0 N–H and O–H groups in total. The number of nitrogens with zero attached hydrogens (tertiary/aromatic N) is 2. The number of hydrogen-bond acceptors (Lipinski definition) is 3. The van der Waals surface area contributed by atoms with E-state index in [1.807, 2.05) is 13.8 Å². The van der Waals surface area contributed by atoms with Crippen molar-refractivity contribution < 1.29 is 9.47 Å². The minimum absolute atomic E-state index is 0.117. The average molecular weight is 254 g/mol. The van der Waals surface area contributed by atoms with Gasteiger partial charge < -0.3 is 9.47 Å². The molecule has 1 aromatic heterocycles. The molecule has 0 radical (unpaired) electrons. The first-order valence-corrected chi connectivity index (χ1v) is 6.90. The molecule has 4 heteroatoms. The maximum atomic E-state index is 5.54. The second kappa shape index (κ2) is 7.54. The molecule has 1 rings (SSSR count). The summed E-state index contributed by atoms with van der Waals surface area (Å²) in [5, 5.41) is 4.58. The van der Waals surface area contributed by atoms with E-state index in [1.165, 1.54) is 11.3 Å². The van der Waals surface area contributed by atoms with Gasteiger partial charge in [-0.1, -0.05) is 6.92 Å². The van der Waals surface area contributed by atoms with Crippen molar-refractivity contribution in [2.45, 2.75) is 60.3 Å². The van der Waals surface area contributed by atoms with E-state index in [9.17, 15) is 0 Å². The Kier molecular flexibility index (Phi) is 6.36. The fourth-order valence-electron chi connectivity index (χ4n) is 2.28. The number of rotatable bonds is 8. The minimum atomic E-state index is -0.117. The van der Waals surface area contributed by atoms with Gasteiger partial charge in [0.15, 0.2) is 6.29 Å². The molecular weight excluding hydrogens is 228 g/mol. The topological polar surface area (TPSA) is 36.3 Å². The number of hydrogen-bond donors (Lipinski definition) is 0. The summed E-state index contributed by atoms with van der Waals surface area (Å²) in [6.07, 6.45) is 1.76. The van der Waals surface area contributed by atoms with E-state index in [1.54, 1.807) is 0 Å². The first-order valence-electron chi connectivity index (χ1n) is 6.90. The molecule has 0 bridgehead atoms. The van der Waals surface area contributed by atoms with Crippen LogP contribution in [0.2, 0.25) is 0 Å². The van der Waals surface area contributed by atoms with Crippen LogP contribution in [-0.2, 0) is 22.4 Å². The van der Waals surface area contributed by atoms with Crippen LogP contribution in [0.4, 0.5) is 0 Å². The lowest BCUT2D eigenvalue weighted by atomic mass is 10.1. The number of aromatic nitrogens is 2. The molecule has 0 aliphatic heterocycles. The molecule has 1 heterocycles. The lowest BCUT2D eigenvalue weighted by molar-refractivity contribution is -0.141. The quantitative estimate of drug-likeness (QED) is 0.669. The van der Waals surface area contributed by atoms with E-state index in [4.69, 9.17) is 9.47 Å². The van der Waals surface area contributed by atoms with E-state index in [2.05, 4.69) is 30.6 Å². The molecular formula is C14H26N2O2. The van der Waals surface area contributed by atoms with E-state index in [-0.39, 0.29) is 6.29 Å². The van der Waals surface area contributed by atoms with E-state index >= 15 is 0 Å². The van der Waals surface area contributed by atoms with E-state index < -0.39 is 0 Å². The summed E-state index contributed by atoms with van der Waals surface area (Å²) >= 11 is 0. The van der Waals surface area contributed by atoms with Gasteiger partial charge in [0.25, 0.3) is 0 Å². The highest BCUT2D eigenvalue weighted by Gasteiger charge is 2.12. The zero-order valence-corrected chi connectivity index (χ0v) is 12.3. The third kappa shape index (κ3) is 3.82. The van der Waals surface area contributed by atoms with Crippen molar-refractivity contribution in [2.75, 3.05) is 13.2 Å². The molecule has 18 heavy (non-hydrogen) atoms. The van der Waals surface area contributed by atoms with Crippen LogP contribution < -0.4 is 0 Å². The van der Waals surface area contributed by atoms with Crippen LogP contribution in [0.5, 0.6) is 0 Å². The van der Waals surface area contributed by atoms with E-state index in [0.29, 0.717) is 13.2 Å². The van der Waals surface area contributed by atoms with Crippen molar-refractivity contribution in [3.05, 3.63) is 17.0 Å². The van der Waals surface area contributed by atoms with Gasteiger partial charge in [0.1, 0.15) is 0 Å². The molecule has 0 fully saturated rings. The van der Waals surface area contributed by atoms with Gasteiger partial charge in [-0.2, -0.15) is 5.10 Å². The van der Waals surface area contributed by atoms with Gasteiger partial charge in [0.05, 0.1) is 5.69 Å². The Morgan fingerprint density at radius 3 is 2.17 bits per heavy atom. The molecule has 0 aliphatic carbocycles. The van der Waals surface area contributed by atoms with Crippen molar-refractivity contribution >= 4 is 0 Å². The lowest BCUT2D eigenvalue weighted by Gasteiger charge is -2.17. The summed E-state index contributed by atoms with van der Waals surface area (Å²) in [6, 6.07) is 0. The zero-order valence-electron chi connectivity index (χ0n) is 12.3. The molecule has 0 unspecified atom stereocenters. The van der Waals surface area contributed by atoms with Crippen LogP contribution in [-0.4, -0.2) is 29.3 Å². The minimum Gasteiger partial charge on any atom is -0.353 e. The smallest absolute Gasteiger partial charge is 0.159 e. The van der Waals surface area contributed by atoms with Gasteiger partial charge in [-0.25, -0.2) is 0 Å². The molecule has 0 aliphatic rings. The van der Waals surface area contributed by atoms with Crippen LogP contribution in [0.25, 0.3) is 0 Å². The molecule has 0 aromatic carbocycles. The van der Waals surface area contributed by atoms with Gasteiger partial charge >= 0.3 is 0 Å². The van der Waals surface area contributed by atoms with Crippen LogP contribution in [0.1, 0.15) is 44.1 Å². The van der Waals surface area contributed by atoms with Crippen LogP contribution in [0.3, 0.4) is 0 Å². The monoisotopic (exact) mass is 254 g/mol. The third-order valence-electron chi connectivity index (χ3n) is 3.17. The normalized spacial score (nSPS) is 11.4. The first kappa shape index (κ1) is 15.2. The zero-order chi connectivity index (χ0) is 13.5. The molecule has 1 aromatic rings. The Morgan fingerprint density at radius 1 is 1.11 bits per heavy atom. The van der Waals surface area contributed by atoms with Gasteiger partial charge in [0.2, 0.25) is 0 Å². The maximum Gasteiger partial charge on any atom is 0.159 e. The Morgan fingerprint density at radius 2 is 1.72 bits per heavy atom. The maximum absolute atomic E-state index is 5.54. The Balaban J connectivity index is 2.61. The van der Waals surface area contributed by atoms with Crippen LogP contribution in [0, 0.1) is 13.8 Å². The molecule has 104 valence electrons. The number of ether oxygens (including phenoxy) is 2. The van der Waals surface area contributed by atoms with Gasteiger partial charge in [-0.3, -0.25) is 4.68 Å². The highest BCUT2D eigenvalue weighted by molar-refractivity contribution is 5.24. The molecule has 0 atom stereocenters. The Hall–Kier alpha value is -0.870. The standard InChI is InChI=1S/C14H26N2O2/c1-6-13-11(4)15-16(12(13)5)10-9-14(17-7-2)18-8-3/h14H,6-10H2,1-5H3. The molecule has 4 nitrogen and oxygen atoms in total. The average Bonchev–Trinajstić information content (AvgIpc) is 2.61. The lowest BCUT2D eigenvalue weighted by Crippen LogP contribution is -2.20. The predicted molar refractivity (Wildman–Crippen MR) is 72.7 cm³/mol. The summed E-state index contributed by atoms with van der Waals surface area (Å²) in [7, 11) is 0. The van der Waals surface area contributed by atoms with Crippen molar-refractivity contribution in [1.29, 1.82) is 0 Å². The van der Waals surface area contributed by atoms with Gasteiger partial charge in [-0.05, 0) is 39.7 Å². The SMILES string of the molecule is CCOC(CCn1nc(C)c(CC)c1C)OCC. The molecule has 0 amide bonds. The first-order chi connectivity index (χ1) is 8.63. The second-order valence-electron chi connectivity index (χ2n) is 4.35. The fourth-order valence-corrected chi connectivity index (χ4v) is 2.28. The van der Waals surface area contributed by atoms with Crippen molar-refractivity contribution in [3.63, 3.8) is 0 Å². The molecule has 0 saturated carbocycles. The highest BCUT2D eigenvalue weighted by atomic mass is 16.7.